The predicted molar refractivity (Wildman–Crippen MR) is 74.1 cm³/mol. The van der Waals surface area contributed by atoms with Gasteiger partial charge in [0.05, 0.1) is 13.5 Å². The third-order valence-corrected chi connectivity index (χ3v) is 3.33. The number of rotatable bonds is 4. The number of aliphatic carboxylic acids is 1. The van der Waals surface area contributed by atoms with Gasteiger partial charge >= 0.3 is 18.0 Å². The number of benzene rings is 1. The zero-order valence-electron chi connectivity index (χ0n) is 11.5. The molecule has 0 radical (unpaired) electrons. The lowest BCUT2D eigenvalue weighted by Gasteiger charge is -2.21. The van der Waals surface area contributed by atoms with Crippen molar-refractivity contribution in [1.82, 2.24) is 5.32 Å². The van der Waals surface area contributed by atoms with Crippen LogP contribution in [0.3, 0.4) is 0 Å². The number of esters is 1. The molecule has 1 aromatic rings. The molecule has 1 aliphatic rings. The number of nitrogens with zero attached hydrogens (tertiary/aromatic N) is 1. The first-order valence-electron chi connectivity index (χ1n) is 6.48. The Morgan fingerprint density at radius 1 is 1.38 bits per heavy atom. The molecule has 1 atom stereocenters. The van der Waals surface area contributed by atoms with Crippen molar-refractivity contribution >= 4 is 23.7 Å². The molecule has 7 nitrogen and oxygen atoms in total. The van der Waals surface area contributed by atoms with E-state index in [1.54, 1.807) is 6.07 Å². The molecular weight excluding hydrogens is 276 g/mol. The number of amides is 2. The third kappa shape index (κ3) is 3.31. The highest BCUT2D eigenvalue weighted by Gasteiger charge is 2.29. The summed E-state index contributed by atoms with van der Waals surface area (Å²) in [5, 5.41) is 11.4. The highest BCUT2D eigenvalue weighted by molar-refractivity contribution is 5.97. The fourth-order valence-corrected chi connectivity index (χ4v) is 2.23. The van der Waals surface area contributed by atoms with E-state index in [0.717, 1.165) is 17.7 Å². The molecule has 0 saturated carbocycles. The normalized spacial score (nSPS) is 14.2. The van der Waals surface area contributed by atoms with Gasteiger partial charge in [-0.15, -0.1) is 0 Å². The van der Waals surface area contributed by atoms with Crippen LogP contribution in [-0.4, -0.2) is 42.8 Å². The number of carboxylic acids is 1. The number of hydrogen-bond donors (Lipinski definition) is 2. The summed E-state index contributed by atoms with van der Waals surface area (Å²) in [4.78, 5) is 36.0. The summed E-state index contributed by atoms with van der Waals surface area (Å²) in [6.07, 6.45) is 0.311. The number of carbonyl (C=O) groups excluding carboxylic acids is 2. The van der Waals surface area contributed by atoms with E-state index in [0.29, 0.717) is 6.54 Å². The lowest BCUT2D eigenvalue weighted by atomic mass is 10.2. The smallest absolute Gasteiger partial charge is 0.326 e. The average molecular weight is 292 g/mol. The summed E-state index contributed by atoms with van der Waals surface area (Å²) in [5.41, 5.74) is 1.80. The topological polar surface area (TPSA) is 95.9 Å². The molecule has 112 valence electrons. The molecule has 0 saturated heterocycles. The van der Waals surface area contributed by atoms with Crippen molar-refractivity contribution in [2.24, 2.45) is 0 Å². The van der Waals surface area contributed by atoms with Crippen LogP contribution in [0.1, 0.15) is 12.0 Å². The van der Waals surface area contributed by atoms with Crippen LogP contribution in [0.5, 0.6) is 0 Å². The molecular formula is C14H16N2O5. The molecule has 0 unspecified atom stereocenters. The minimum atomic E-state index is -1.31. The van der Waals surface area contributed by atoms with E-state index in [1.165, 1.54) is 12.0 Å². The molecule has 0 aromatic heterocycles. The molecule has 2 rings (SSSR count). The second-order valence-electron chi connectivity index (χ2n) is 4.65. The van der Waals surface area contributed by atoms with Crippen LogP contribution in [-0.2, 0) is 20.7 Å². The number of methoxy groups -OCH3 is 1. The van der Waals surface area contributed by atoms with Gasteiger partial charge < -0.3 is 15.2 Å². The Bertz CT molecular complexity index is 572. The number of para-hydroxylation sites is 1. The van der Waals surface area contributed by atoms with Crippen molar-refractivity contribution in [3.8, 4) is 0 Å². The number of nitrogens with one attached hydrogen (secondary N) is 1. The maximum Gasteiger partial charge on any atom is 0.326 e. The lowest BCUT2D eigenvalue weighted by molar-refractivity contribution is -0.147. The number of carbonyl (C=O) groups is 3. The minimum absolute atomic E-state index is 0.410. The van der Waals surface area contributed by atoms with Crippen LogP contribution in [0.4, 0.5) is 10.5 Å². The van der Waals surface area contributed by atoms with E-state index in [-0.39, 0.29) is 0 Å². The van der Waals surface area contributed by atoms with E-state index in [1.807, 2.05) is 18.2 Å². The second-order valence-corrected chi connectivity index (χ2v) is 4.65. The predicted octanol–water partition coefficient (Wildman–Crippen LogP) is 0.775. The van der Waals surface area contributed by atoms with Crippen molar-refractivity contribution in [3.05, 3.63) is 29.8 Å². The van der Waals surface area contributed by atoms with Gasteiger partial charge in [-0.1, -0.05) is 18.2 Å². The van der Waals surface area contributed by atoms with Gasteiger partial charge in [-0.2, -0.15) is 0 Å². The zero-order valence-corrected chi connectivity index (χ0v) is 11.5. The number of ether oxygens (including phenoxy) is 1. The number of anilines is 1. The van der Waals surface area contributed by atoms with Crippen LogP contribution < -0.4 is 10.2 Å². The molecule has 2 N–H and O–H groups in total. The minimum Gasteiger partial charge on any atom is -0.480 e. The van der Waals surface area contributed by atoms with Crippen LogP contribution in [0.25, 0.3) is 0 Å². The van der Waals surface area contributed by atoms with Crippen molar-refractivity contribution in [2.45, 2.75) is 18.9 Å². The highest BCUT2D eigenvalue weighted by Crippen LogP contribution is 2.27. The van der Waals surface area contributed by atoms with Crippen LogP contribution >= 0.6 is 0 Å². The van der Waals surface area contributed by atoms with Gasteiger partial charge in [0, 0.05) is 12.2 Å². The summed E-state index contributed by atoms with van der Waals surface area (Å²) in [6.45, 7) is 0.482. The quantitative estimate of drug-likeness (QED) is 0.799. The van der Waals surface area contributed by atoms with Crippen molar-refractivity contribution < 1.29 is 24.2 Å². The number of urea groups is 1. The third-order valence-electron chi connectivity index (χ3n) is 3.33. The first-order valence-corrected chi connectivity index (χ1v) is 6.48. The molecule has 2 amide bonds. The molecule has 0 aliphatic carbocycles. The first-order chi connectivity index (χ1) is 10.0. The van der Waals surface area contributed by atoms with E-state index in [2.05, 4.69) is 10.1 Å². The summed E-state index contributed by atoms with van der Waals surface area (Å²) < 4.78 is 4.43. The molecule has 0 spiro atoms. The van der Waals surface area contributed by atoms with Crippen molar-refractivity contribution in [1.29, 1.82) is 0 Å². The molecule has 7 heteroatoms. The van der Waals surface area contributed by atoms with Gasteiger partial charge in [0.1, 0.15) is 6.04 Å². The number of hydrogen-bond acceptors (Lipinski definition) is 4. The van der Waals surface area contributed by atoms with Crippen molar-refractivity contribution in [2.75, 3.05) is 18.6 Å². The Morgan fingerprint density at radius 2 is 2.10 bits per heavy atom. The largest absolute Gasteiger partial charge is 0.480 e. The molecule has 21 heavy (non-hydrogen) atoms. The zero-order chi connectivity index (χ0) is 15.4. The summed E-state index contributed by atoms with van der Waals surface area (Å²) in [6, 6.07) is 5.59. The van der Waals surface area contributed by atoms with Gasteiger partial charge in [0.25, 0.3) is 0 Å². The highest BCUT2D eigenvalue weighted by atomic mass is 16.5. The van der Waals surface area contributed by atoms with Crippen LogP contribution in [0.15, 0.2) is 24.3 Å². The van der Waals surface area contributed by atoms with E-state index in [9.17, 15) is 14.4 Å². The Labute approximate surface area is 121 Å². The molecule has 1 aliphatic heterocycles. The fraction of sp³-hybridized carbons (Fsp3) is 0.357. The summed E-state index contributed by atoms with van der Waals surface area (Å²) >= 11 is 0. The van der Waals surface area contributed by atoms with E-state index in [4.69, 9.17) is 5.11 Å². The molecule has 0 fully saturated rings. The Balaban J connectivity index is 2.06. The van der Waals surface area contributed by atoms with E-state index >= 15 is 0 Å². The SMILES string of the molecule is COC(=O)C[C@H](NC(=O)N1CCc2ccccc21)C(=O)O. The van der Waals surface area contributed by atoms with Crippen molar-refractivity contribution in [3.63, 3.8) is 0 Å². The molecule has 1 aromatic carbocycles. The lowest BCUT2D eigenvalue weighted by Crippen LogP contribution is -2.48. The summed E-state index contributed by atoms with van der Waals surface area (Å²) in [5.74, 6) is -1.97. The van der Waals surface area contributed by atoms with Gasteiger partial charge in [-0.05, 0) is 18.1 Å². The monoisotopic (exact) mass is 292 g/mol. The second kappa shape index (κ2) is 6.25. The maximum absolute atomic E-state index is 12.2. The maximum atomic E-state index is 12.2. The van der Waals surface area contributed by atoms with Gasteiger partial charge in [0.15, 0.2) is 0 Å². The number of carboxylic acid groups (broad SMARTS) is 1. The standard InChI is InChI=1S/C14H16N2O5/c1-21-12(17)8-10(13(18)19)15-14(20)16-7-6-9-4-2-3-5-11(9)16/h2-5,10H,6-8H2,1H3,(H,15,20)(H,18,19)/t10-/m0/s1. The summed E-state index contributed by atoms with van der Waals surface area (Å²) in [7, 11) is 1.17. The van der Waals surface area contributed by atoms with Gasteiger partial charge in [-0.25, -0.2) is 9.59 Å². The van der Waals surface area contributed by atoms with Crippen LogP contribution in [0, 0.1) is 0 Å². The Kier molecular flexibility index (Phi) is 4.42. The Hall–Kier alpha value is -2.57. The van der Waals surface area contributed by atoms with E-state index < -0.39 is 30.4 Å². The van der Waals surface area contributed by atoms with Crippen LogP contribution in [0.2, 0.25) is 0 Å². The fourth-order valence-electron chi connectivity index (χ4n) is 2.23. The average Bonchev–Trinajstić information content (AvgIpc) is 2.90. The number of fused-ring (bicyclic) bond motifs is 1. The molecule has 1 heterocycles. The molecule has 0 bridgehead atoms. The Morgan fingerprint density at radius 3 is 2.76 bits per heavy atom. The first kappa shape index (κ1) is 14.8. The van der Waals surface area contributed by atoms with Gasteiger partial charge in [0.2, 0.25) is 0 Å². The van der Waals surface area contributed by atoms with Gasteiger partial charge in [-0.3, -0.25) is 9.69 Å².